The first-order valence-corrected chi connectivity index (χ1v) is 9.26. The van der Waals surface area contributed by atoms with Crippen molar-refractivity contribution in [2.75, 3.05) is 19.6 Å². The highest BCUT2D eigenvalue weighted by molar-refractivity contribution is 5.96. The number of piperazine rings is 1. The highest BCUT2D eigenvalue weighted by Crippen LogP contribution is 2.18. The number of carbonyl (C=O) groups excluding carboxylic acids is 2. The Balaban J connectivity index is 1.51. The maximum atomic E-state index is 12.8. The van der Waals surface area contributed by atoms with Crippen LogP contribution in [-0.4, -0.2) is 62.1 Å². The van der Waals surface area contributed by atoms with Crippen LogP contribution < -0.4 is 0 Å². The number of hydrogen-bond donors (Lipinski definition) is 1. The fourth-order valence-electron chi connectivity index (χ4n) is 3.68. The summed E-state index contributed by atoms with van der Waals surface area (Å²) in [6.45, 7) is 6.10. The van der Waals surface area contributed by atoms with Crippen LogP contribution in [0, 0.1) is 0 Å². The summed E-state index contributed by atoms with van der Waals surface area (Å²) in [4.78, 5) is 28.6. The number of aromatic amines is 1. The van der Waals surface area contributed by atoms with Crippen molar-refractivity contribution in [2.45, 2.75) is 26.4 Å². The molecule has 1 fully saturated rings. The molecule has 1 saturated heterocycles. The minimum Gasteiger partial charge on any atom is -0.341 e. The molecule has 4 rings (SSSR count). The molecule has 0 aliphatic carbocycles. The van der Waals surface area contributed by atoms with E-state index in [9.17, 15) is 9.59 Å². The van der Waals surface area contributed by atoms with Crippen molar-refractivity contribution in [2.24, 2.45) is 0 Å². The molecule has 2 aromatic heterocycles. The molecule has 0 bridgehead atoms. The zero-order valence-electron chi connectivity index (χ0n) is 15.6. The average Bonchev–Trinajstić information content (AvgIpc) is 3.31. The van der Waals surface area contributed by atoms with Gasteiger partial charge < -0.3 is 14.4 Å². The van der Waals surface area contributed by atoms with Gasteiger partial charge in [0.2, 0.25) is 5.91 Å². The summed E-state index contributed by atoms with van der Waals surface area (Å²) in [6, 6.07) is 11.5. The van der Waals surface area contributed by atoms with Crippen LogP contribution in [0.5, 0.6) is 0 Å². The molecule has 1 N–H and O–H groups in total. The number of nitrogens with zero attached hydrogens (tertiary/aromatic N) is 4. The normalized spacial score (nSPS) is 17.7. The number of nitrogens with one attached hydrogen (secondary N) is 1. The molecule has 2 amide bonds. The van der Waals surface area contributed by atoms with Crippen molar-refractivity contribution in [3.63, 3.8) is 0 Å². The molecule has 3 heterocycles. The Morgan fingerprint density at radius 2 is 2.07 bits per heavy atom. The predicted molar refractivity (Wildman–Crippen MR) is 102 cm³/mol. The SMILES string of the molecule is CCN1CCN(C(=O)c2cc(Cn3ccc4ccccc43)[nH]n2)[C@@H](C)C1=O. The van der Waals surface area contributed by atoms with Gasteiger partial charge in [-0.3, -0.25) is 14.7 Å². The van der Waals surface area contributed by atoms with Crippen LogP contribution in [0.3, 0.4) is 0 Å². The van der Waals surface area contributed by atoms with Crippen LogP contribution in [0.2, 0.25) is 0 Å². The van der Waals surface area contributed by atoms with E-state index in [4.69, 9.17) is 0 Å². The van der Waals surface area contributed by atoms with Gasteiger partial charge >= 0.3 is 0 Å². The molecular weight excluding hydrogens is 342 g/mol. The summed E-state index contributed by atoms with van der Waals surface area (Å²) in [5.41, 5.74) is 2.34. The van der Waals surface area contributed by atoms with Gasteiger partial charge in [-0.05, 0) is 37.4 Å². The number of fused-ring (bicyclic) bond motifs is 1. The van der Waals surface area contributed by atoms with Crippen LogP contribution in [0.15, 0.2) is 42.6 Å². The molecule has 7 heteroatoms. The number of para-hydroxylation sites is 1. The van der Waals surface area contributed by atoms with Gasteiger partial charge in [0.05, 0.1) is 12.2 Å². The molecule has 7 nitrogen and oxygen atoms in total. The van der Waals surface area contributed by atoms with Crippen molar-refractivity contribution in [3.05, 3.63) is 54.0 Å². The van der Waals surface area contributed by atoms with Gasteiger partial charge in [-0.15, -0.1) is 0 Å². The van der Waals surface area contributed by atoms with Crippen LogP contribution in [-0.2, 0) is 11.3 Å². The standard InChI is InChI=1S/C20H23N5O2/c1-3-23-10-11-25(14(2)19(23)26)20(27)17-12-16(21-22-17)13-24-9-8-15-6-4-5-7-18(15)24/h4-9,12,14H,3,10-11,13H2,1-2H3,(H,21,22)/t14-/m0/s1. The summed E-state index contributed by atoms with van der Waals surface area (Å²) in [5.74, 6) is -0.210. The molecule has 0 unspecified atom stereocenters. The quantitative estimate of drug-likeness (QED) is 0.769. The Morgan fingerprint density at radius 1 is 1.26 bits per heavy atom. The van der Waals surface area contributed by atoms with Gasteiger partial charge in [0.25, 0.3) is 5.91 Å². The molecule has 1 aliphatic heterocycles. The van der Waals surface area contributed by atoms with Crippen molar-refractivity contribution in [1.82, 2.24) is 24.6 Å². The highest BCUT2D eigenvalue weighted by atomic mass is 16.2. The second-order valence-corrected chi connectivity index (χ2v) is 6.87. The molecular formula is C20H23N5O2. The number of rotatable bonds is 4. The second kappa shape index (κ2) is 6.90. The molecule has 0 radical (unpaired) electrons. The van der Waals surface area contributed by atoms with Gasteiger partial charge in [-0.2, -0.15) is 5.10 Å². The van der Waals surface area contributed by atoms with E-state index in [1.807, 2.05) is 25.3 Å². The first-order chi connectivity index (χ1) is 13.1. The van der Waals surface area contributed by atoms with E-state index >= 15 is 0 Å². The fourth-order valence-corrected chi connectivity index (χ4v) is 3.68. The Bertz CT molecular complexity index is 989. The second-order valence-electron chi connectivity index (χ2n) is 6.87. The lowest BCUT2D eigenvalue weighted by molar-refractivity contribution is -0.139. The topological polar surface area (TPSA) is 74.2 Å². The first-order valence-electron chi connectivity index (χ1n) is 9.26. The van der Waals surface area contributed by atoms with Crippen LogP contribution in [0.1, 0.15) is 30.0 Å². The minimum absolute atomic E-state index is 0.00771. The summed E-state index contributed by atoms with van der Waals surface area (Å²) in [6.07, 6.45) is 2.03. The lowest BCUT2D eigenvalue weighted by Gasteiger charge is -2.38. The molecule has 1 atom stereocenters. The van der Waals surface area contributed by atoms with Crippen molar-refractivity contribution < 1.29 is 9.59 Å². The largest absolute Gasteiger partial charge is 0.341 e. The molecule has 27 heavy (non-hydrogen) atoms. The van der Waals surface area contributed by atoms with E-state index in [1.54, 1.807) is 22.8 Å². The number of carbonyl (C=O) groups is 2. The Kier molecular flexibility index (Phi) is 4.43. The molecule has 1 aromatic carbocycles. The van der Waals surface area contributed by atoms with E-state index in [-0.39, 0.29) is 11.8 Å². The monoisotopic (exact) mass is 365 g/mol. The van der Waals surface area contributed by atoms with E-state index in [2.05, 4.69) is 33.0 Å². The number of likely N-dealkylation sites (N-methyl/N-ethyl adjacent to an activating group) is 1. The van der Waals surface area contributed by atoms with Crippen molar-refractivity contribution >= 4 is 22.7 Å². The summed E-state index contributed by atoms with van der Waals surface area (Å²) >= 11 is 0. The molecule has 0 saturated carbocycles. The van der Waals surface area contributed by atoms with Crippen LogP contribution >= 0.6 is 0 Å². The van der Waals surface area contributed by atoms with E-state index in [0.717, 1.165) is 11.2 Å². The maximum absolute atomic E-state index is 12.8. The van der Waals surface area contributed by atoms with Gasteiger partial charge in [0, 0.05) is 31.3 Å². The number of H-pyrrole nitrogens is 1. The zero-order valence-corrected chi connectivity index (χ0v) is 15.6. The van der Waals surface area contributed by atoms with Gasteiger partial charge in [-0.1, -0.05) is 18.2 Å². The van der Waals surface area contributed by atoms with Gasteiger partial charge in [0.1, 0.15) is 6.04 Å². The summed E-state index contributed by atoms with van der Waals surface area (Å²) < 4.78 is 2.11. The van der Waals surface area contributed by atoms with E-state index in [1.165, 1.54) is 5.39 Å². The highest BCUT2D eigenvalue weighted by Gasteiger charge is 2.34. The molecule has 1 aliphatic rings. The third-order valence-corrected chi connectivity index (χ3v) is 5.26. The predicted octanol–water partition coefficient (Wildman–Crippen LogP) is 2.11. The summed E-state index contributed by atoms with van der Waals surface area (Å²) in [7, 11) is 0. The third-order valence-electron chi connectivity index (χ3n) is 5.26. The number of amides is 2. The number of hydrogen-bond acceptors (Lipinski definition) is 3. The fraction of sp³-hybridized carbons (Fsp3) is 0.350. The number of aromatic nitrogens is 3. The Morgan fingerprint density at radius 3 is 2.89 bits per heavy atom. The van der Waals surface area contributed by atoms with E-state index in [0.29, 0.717) is 31.9 Å². The molecule has 0 spiro atoms. The Hall–Kier alpha value is -3.09. The van der Waals surface area contributed by atoms with Gasteiger partial charge in [-0.25, -0.2) is 0 Å². The molecule has 140 valence electrons. The lowest BCUT2D eigenvalue weighted by atomic mass is 10.1. The average molecular weight is 365 g/mol. The Labute approximate surface area is 157 Å². The van der Waals surface area contributed by atoms with Crippen molar-refractivity contribution in [3.8, 4) is 0 Å². The molecule has 3 aromatic rings. The van der Waals surface area contributed by atoms with Crippen LogP contribution in [0.4, 0.5) is 0 Å². The first kappa shape index (κ1) is 17.3. The lowest BCUT2D eigenvalue weighted by Crippen LogP contribution is -2.57. The maximum Gasteiger partial charge on any atom is 0.275 e. The minimum atomic E-state index is -0.459. The number of benzene rings is 1. The van der Waals surface area contributed by atoms with Crippen LogP contribution in [0.25, 0.3) is 10.9 Å². The third kappa shape index (κ3) is 3.09. The zero-order chi connectivity index (χ0) is 19.0. The smallest absolute Gasteiger partial charge is 0.275 e. The van der Waals surface area contributed by atoms with E-state index < -0.39 is 6.04 Å². The van der Waals surface area contributed by atoms with Gasteiger partial charge in [0.15, 0.2) is 5.69 Å². The van der Waals surface area contributed by atoms with Crippen molar-refractivity contribution in [1.29, 1.82) is 0 Å². The summed E-state index contributed by atoms with van der Waals surface area (Å²) in [5, 5.41) is 8.33.